The molecule has 3 rings (SSSR count). The number of benzene rings is 1. The van der Waals surface area contributed by atoms with Gasteiger partial charge in [-0.05, 0) is 6.07 Å². The van der Waals surface area contributed by atoms with Crippen LogP contribution in [0.2, 0.25) is 0 Å². The number of nitriles is 2. The SMILES string of the molecule is [C-]#[N+]c1ncc(-c2cccc(-c3cnc(C#N)c(C#N)n3)c2)nc1[N+]#[C-]. The first-order valence-electron chi connectivity index (χ1n) is 7.10. The van der Waals surface area contributed by atoms with Crippen molar-refractivity contribution in [1.82, 2.24) is 19.9 Å². The van der Waals surface area contributed by atoms with E-state index in [-0.39, 0.29) is 23.0 Å². The lowest BCUT2D eigenvalue weighted by atomic mass is 10.1. The van der Waals surface area contributed by atoms with E-state index in [0.717, 1.165) is 0 Å². The zero-order chi connectivity index (χ0) is 18.5. The first-order chi connectivity index (χ1) is 12.7. The number of nitrogens with zero attached hydrogens (tertiary/aromatic N) is 8. The van der Waals surface area contributed by atoms with Gasteiger partial charge in [-0.2, -0.15) is 10.5 Å². The molecule has 118 valence electrons. The summed E-state index contributed by atoms with van der Waals surface area (Å²) in [5.41, 5.74) is 2.12. The zero-order valence-corrected chi connectivity index (χ0v) is 13.0. The van der Waals surface area contributed by atoms with Gasteiger partial charge in [-0.15, -0.1) is 9.97 Å². The molecule has 0 bridgehead atoms. The molecule has 3 aromatic rings. The molecule has 8 nitrogen and oxygen atoms in total. The van der Waals surface area contributed by atoms with E-state index in [0.29, 0.717) is 22.5 Å². The number of hydrogen-bond acceptors (Lipinski definition) is 6. The second-order valence-corrected chi connectivity index (χ2v) is 4.88. The highest BCUT2D eigenvalue weighted by atomic mass is 15.0. The van der Waals surface area contributed by atoms with Crippen LogP contribution in [0.1, 0.15) is 11.4 Å². The van der Waals surface area contributed by atoms with Crippen LogP contribution in [-0.2, 0) is 0 Å². The maximum atomic E-state index is 9.09. The molecule has 0 N–H and O–H groups in total. The van der Waals surface area contributed by atoms with E-state index < -0.39 is 0 Å². The second kappa shape index (κ2) is 6.84. The summed E-state index contributed by atoms with van der Waals surface area (Å²) in [6, 6.07) is 10.7. The van der Waals surface area contributed by atoms with Gasteiger partial charge in [-0.25, -0.2) is 9.97 Å². The van der Waals surface area contributed by atoms with Crippen molar-refractivity contribution in [3.63, 3.8) is 0 Å². The van der Waals surface area contributed by atoms with Crippen LogP contribution in [0.15, 0.2) is 36.7 Å². The van der Waals surface area contributed by atoms with E-state index in [9.17, 15) is 0 Å². The molecule has 26 heavy (non-hydrogen) atoms. The molecule has 0 fully saturated rings. The summed E-state index contributed by atoms with van der Waals surface area (Å²) < 4.78 is 0. The van der Waals surface area contributed by atoms with Crippen molar-refractivity contribution in [2.24, 2.45) is 0 Å². The van der Waals surface area contributed by atoms with E-state index in [2.05, 4.69) is 29.6 Å². The average molecular weight is 334 g/mol. The van der Waals surface area contributed by atoms with Gasteiger partial charge in [-0.3, -0.25) is 0 Å². The molecule has 0 spiro atoms. The first kappa shape index (κ1) is 16.2. The number of hydrogen-bond donors (Lipinski definition) is 0. The summed E-state index contributed by atoms with van der Waals surface area (Å²) in [5, 5.41) is 18.0. The largest absolute Gasteiger partial charge is 0.370 e. The predicted octanol–water partition coefficient (Wildman–Crippen LogP) is 3.45. The van der Waals surface area contributed by atoms with Crippen molar-refractivity contribution < 1.29 is 0 Å². The molecule has 2 aromatic heterocycles. The predicted molar refractivity (Wildman–Crippen MR) is 90.4 cm³/mol. The molecule has 0 radical (unpaired) electrons. The molecule has 0 amide bonds. The third kappa shape index (κ3) is 2.90. The molecule has 0 unspecified atom stereocenters. The van der Waals surface area contributed by atoms with Gasteiger partial charge in [0.15, 0.2) is 17.6 Å². The van der Waals surface area contributed by atoms with E-state index in [4.69, 9.17) is 23.7 Å². The Hall–Kier alpha value is -4.66. The Balaban J connectivity index is 2.08. The van der Waals surface area contributed by atoms with Crippen molar-refractivity contribution in [3.05, 3.63) is 70.9 Å². The smallest absolute Gasteiger partial charge is 0.294 e. The Labute approximate surface area is 148 Å². The second-order valence-electron chi connectivity index (χ2n) is 4.88. The van der Waals surface area contributed by atoms with Gasteiger partial charge in [0, 0.05) is 11.1 Å². The Morgan fingerprint density at radius 1 is 0.808 bits per heavy atom. The minimum atomic E-state index is -0.0622. The quantitative estimate of drug-likeness (QED) is 0.664. The maximum Gasteiger partial charge on any atom is 0.294 e. The van der Waals surface area contributed by atoms with E-state index in [1.807, 2.05) is 12.1 Å². The van der Waals surface area contributed by atoms with Crippen LogP contribution in [0, 0.1) is 35.8 Å². The lowest BCUT2D eigenvalue weighted by Crippen LogP contribution is -1.96. The third-order valence-electron chi connectivity index (χ3n) is 3.39. The van der Waals surface area contributed by atoms with Gasteiger partial charge < -0.3 is 9.69 Å². The van der Waals surface area contributed by atoms with E-state index >= 15 is 0 Å². The number of rotatable bonds is 2. The van der Waals surface area contributed by atoms with Crippen LogP contribution in [-0.4, -0.2) is 19.9 Å². The van der Waals surface area contributed by atoms with Gasteiger partial charge in [0.25, 0.3) is 11.6 Å². The Kier molecular flexibility index (Phi) is 4.27. The van der Waals surface area contributed by atoms with Crippen LogP contribution in [0.3, 0.4) is 0 Å². The monoisotopic (exact) mass is 334 g/mol. The molecule has 0 atom stereocenters. The van der Waals surface area contributed by atoms with Gasteiger partial charge in [-0.1, -0.05) is 31.3 Å². The maximum absolute atomic E-state index is 9.09. The molecule has 0 aliphatic heterocycles. The highest BCUT2D eigenvalue weighted by Gasteiger charge is 2.14. The normalized spacial score (nSPS) is 9.38. The molecular weight excluding hydrogens is 328 g/mol. The van der Waals surface area contributed by atoms with Crippen LogP contribution in [0.5, 0.6) is 0 Å². The summed E-state index contributed by atoms with van der Waals surface area (Å²) >= 11 is 0. The average Bonchev–Trinajstić information content (AvgIpc) is 2.72. The Morgan fingerprint density at radius 3 is 2.04 bits per heavy atom. The van der Waals surface area contributed by atoms with Crippen LogP contribution in [0.25, 0.3) is 32.2 Å². The van der Waals surface area contributed by atoms with Crippen LogP contribution >= 0.6 is 0 Å². The lowest BCUT2D eigenvalue weighted by molar-refractivity contribution is 1.13. The van der Waals surface area contributed by atoms with Crippen molar-refractivity contribution in [2.75, 3.05) is 0 Å². The minimum absolute atomic E-state index is 0.0327. The number of aromatic nitrogens is 4. The summed E-state index contributed by atoms with van der Waals surface area (Å²) in [5.74, 6) is -0.107. The van der Waals surface area contributed by atoms with Gasteiger partial charge in [0.05, 0.1) is 11.9 Å². The molecule has 0 saturated heterocycles. The third-order valence-corrected chi connectivity index (χ3v) is 3.39. The summed E-state index contributed by atoms with van der Waals surface area (Å²) in [4.78, 5) is 22.6. The zero-order valence-electron chi connectivity index (χ0n) is 13.0. The fourth-order valence-electron chi connectivity index (χ4n) is 2.19. The molecule has 1 aromatic carbocycles. The topological polar surface area (TPSA) is 108 Å². The Morgan fingerprint density at radius 2 is 1.42 bits per heavy atom. The van der Waals surface area contributed by atoms with Crippen LogP contribution < -0.4 is 0 Å². The summed E-state index contributed by atoms with van der Waals surface area (Å²) in [6.07, 6.45) is 2.84. The highest BCUT2D eigenvalue weighted by Crippen LogP contribution is 2.29. The molecule has 0 aliphatic carbocycles. The van der Waals surface area contributed by atoms with Crippen LogP contribution in [0.4, 0.5) is 11.6 Å². The lowest BCUT2D eigenvalue weighted by Gasteiger charge is -2.04. The molecule has 8 heteroatoms. The van der Waals surface area contributed by atoms with Gasteiger partial charge in [0.1, 0.15) is 12.1 Å². The van der Waals surface area contributed by atoms with E-state index in [1.165, 1.54) is 12.4 Å². The fraction of sp³-hybridized carbons (Fsp3) is 0. The van der Waals surface area contributed by atoms with Gasteiger partial charge in [0.2, 0.25) is 5.69 Å². The molecular formula is C18H6N8. The minimum Gasteiger partial charge on any atom is -0.370 e. The first-order valence-corrected chi connectivity index (χ1v) is 7.10. The standard InChI is InChI=1S/C18H6N8/c1-21-17-18(22-2)26-16(10-24-17)12-5-3-4-11(6-12)15-9-23-13(7-19)14(8-20)25-15/h3-6,9-10H. The molecule has 0 aliphatic rings. The molecule has 0 saturated carbocycles. The summed E-state index contributed by atoms with van der Waals surface area (Å²) in [7, 11) is 0. The van der Waals surface area contributed by atoms with Crippen molar-refractivity contribution in [1.29, 1.82) is 10.5 Å². The van der Waals surface area contributed by atoms with E-state index in [1.54, 1.807) is 24.3 Å². The van der Waals surface area contributed by atoms with Crippen molar-refractivity contribution in [2.45, 2.75) is 0 Å². The molecule has 2 heterocycles. The summed E-state index contributed by atoms with van der Waals surface area (Å²) in [6.45, 7) is 14.1. The van der Waals surface area contributed by atoms with Crippen molar-refractivity contribution >= 4 is 11.6 Å². The highest BCUT2D eigenvalue weighted by molar-refractivity contribution is 5.72. The van der Waals surface area contributed by atoms with Gasteiger partial charge >= 0.3 is 0 Å². The van der Waals surface area contributed by atoms with Crippen molar-refractivity contribution in [3.8, 4) is 34.7 Å². The Bertz CT molecular complexity index is 1090. The fourth-order valence-corrected chi connectivity index (χ4v) is 2.19.